The Balaban J connectivity index is 2.23. The zero-order valence-electron chi connectivity index (χ0n) is 11.5. The number of morpholine rings is 1. The number of aryl methyl sites for hydroxylation is 2. The monoisotopic (exact) mass is 279 g/mol. The Kier molecular flexibility index (Phi) is 4.19. The van der Waals surface area contributed by atoms with Crippen LogP contribution in [0.2, 0.25) is 0 Å². The summed E-state index contributed by atoms with van der Waals surface area (Å²) in [5.74, 6) is 0. The molecule has 20 heavy (non-hydrogen) atoms. The number of urea groups is 1. The van der Waals surface area contributed by atoms with Crippen molar-refractivity contribution in [3.05, 3.63) is 33.4 Å². The van der Waals surface area contributed by atoms with Crippen LogP contribution in [-0.4, -0.2) is 42.2 Å². The number of nitro benzene ring substituents is 1. The number of carbonyl (C=O) groups excluding carboxylic acids is 1. The van der Waals surface area contributed by atoms with Crippen molar-refractivity contribution in [2.24, 2.45) is 0 Å². The Morgan fingerprint density at radius 2 is 2.00 bits per heavy atom. The van der Waals surface area contributed by atoms with Crippen molar-refractivity contribution < 1.29 is 14.5 Å². The molecule has 0 atom stereocenters. The zero-order valence-corrected chi connectivity index (χ0v) is 11.5. The van der Waals surface area contributed by atoms with Crippen LogP contribution < -0.4 is 5.32 Å². The standard InChI is InChI=1S/C13H17N3O4/c1-9-7-10(2)12(11(8-9)16(18)19)14-13(17)15-3-5-20-6-4-15/h7-8H,3-6H2,1-2H3,(H,14,17). The van der Waals surface area contributed by atoms with E-state index >= 15 is 0 Å². The number of benzene rings is 1. The number of carbonyl (C=O) groups is 1. The number of hydrogen-bond acceptors (Lipinski definition) is 4. The second kappa shape index (κ2) is 5.87. The number of anilines is 1. The first-order valence-electron chi connectivity index (χ1n) is 6.38. The van der Waals surface area contributed by atoms with E-state index in [0.29, 0.717) is 31.9 Å². The molecule has 1 N–H and O–H groups in total. The number of amides is 2. The minimum atomic E-state index is -0.477. The van der Waals surface area contributed by atoms with Gasteiger partial charge in [-0.05, 0) is 25.0 Å². The van der Waals surface area contributed by atoms with Crippen molar-refractivity contribution in [3.63, 3.8) is 0 Å². The highest BCUT2D eigenvalue weighted by molar-refractivity contribution is 5.93. The van der Waals surface area contributed by atoms with Gasteiger partial charge in [0.15, 0.2) is 0 Å². The van der Waals surface area contributed by atoms with Crippen molar-refractivity contribution in [2.45, 2.75) is 13.8 Å². The molecule has 1 heterocycles. The minimum absolute atomic E-state index is 0.0795. The van der Waals surface area contributed by atoms with Crippen molar-refractivity contribution >= 4 is 17.4 Å². The van der Waals surface area contributed by atoms with Crippen LogP contribution in [0.4, 0.5) is 16.2 Å². The lowest BCUT2D eigenvalue weighted by molar-refractivity contribution is -0.384. The van der Waals surface area contributed by atoms with Crippen molar-refractivity contribution in [1.29, 1.82) is 0 Å². The first kappa shape index (κ1) is 14.3. The van der Waals surface area contributed by atoms with E-state index in [2.05, 4.69) is 5.32 Å². The molecule has 1 aliphatic heterocycles. The fraction of sp³-hybridized carbons (Fsp3) is 0.462. The van der Waals surface area contributed by atoms with Gasteiger partial charge in [-0.1, -0.05) is 6.07 Å². The quantitative estimate of drug-likeness (QED) is 0.663. The van der Waals surface area contributed by atoms with E-state index in [4.69, 9.17) is 4.74 Å². The minimum Gasteiger partial charge on any atom is -0.378 e. The summed E-state index contributed by atoms with van der Waals surface area (Å²) in [7, 11) is 0. The lowest BCUT2D eigenvalue weighted by Gasteiger charge is -2.27. The fourth-order valence-corrected chi connectivity index (χ4v) is 2.20. The predicted octanol–water partition coefficient (Wildman–Crippen LogP) is 2.08. The Labute approximate surface area is 116 Å². The summed E-state index contributed by atoms with van der Waals surface area (Å²) in [4.78, 5) is 24.3. The SMILES string of the molecule is Cc1cc(C)c(NC(=O)N2CCOCC2)c([N+](=O)[O-])c1. The number of ether oxygens (including phenoxy) is 1. The van der Waals surface area contributed by atoms with Gasteiger partial charge < -0.3 is 15.0 Å². The van der Waals surface area contributed by atoms with Gasteiger partial charge in [-0.2, -0.15) is 0 Å². The fourth-order valence-electron chi connectivity index (χ4n) is 2.20. The average Bonchev–Trinajstić information content (AvgIpc) is 2.42. The molecule has 0 saturated carbocycles. The molecule has 1 saturated heterocycles. The third-order valence-corrected chi connectivity index (χ3v) is 3.19. The molecular weight excluding hydrogens is 262 g/mol. The highest BCUT2D eigenvalue weighted by Crippen LogP contribution is 2.29. The van der Waals surface area contributed by atoms with E-state index in [0.717, 1.165) is 5.56 Å². The Hall–Kier alpha value is -2.15. The molecule has 0 radical (unpaired) electrons. The van der Waals surface area contributed by atoms with Crippen LogP contribution >= 0.6 is 0 Å². The van der Waals surface area contributed by atoms with Crippen LogP contribution in [0.5, 0.6) is 0 Å². The van der Waals surface area contributed by atoms with Crippen LogP contribution in [0.1, 0.15) is 11.1 Å². The van der Waals surface area contributed by atoms with Crippen LogP contribution in [-0.2, 0) is 4.74 Å². The smallest absolute Gasteiger partial charge is 0.322 e. The van der Waals surface area contributed by atoms with Gasteiger partial charge in [0.2, 0.25) is 0 Å². The van der Waals surface area contributed by atoms with Crippen LogP contribution in [0.15, 0.2) is 12.1 Å². The van der Waals surface area contributed by atoms with E-state index in [1.54, 1.807) is 18.7 Å². The van der Waals surface area contributed by atoms with E-state index in [9.17, 15) is 14.9 Å². The summed E-state index contributed by atoms with van der Waals surface area (Å²) in [6.45, 7) is 5.49. The van der Waals surface area contributed by atoms with Crippen LogP contribution in [0.25, 0.3) is 0 Å². The topological polar surface area (TPSA) is 84.7 Å². The summed E-state index contributed by atoms with van der Waals surface area (Å²) in [5, 5.41) is 13.8. The normalized spacial score (nSPS) is 15.0. The van der Waals surface area contributed by atoms with Gasteiger partial charge in [0, 0.05) is 19.2 Å². The summed E-state index contributed by atoms with van der Waals surface area (Å²) in [6, 6.07) is 2.94. The second-order valence-electron chi connectivity index (χ2n) is 4.76. The first-order valence-corrected chi connectivity index (χ1v) is 6.38. The molecule has 7 nitrogen and oxygen atoms in total. The number of nitrogens with zero attached hydrogens (tertiary/aromatic N) is 2. The number of rotatable bonds is 2. The van der Waals surface area contributed by atoms with Gasteiger partial charge in [0.25, 0.3) is 5.69 Å². The lowest BCUT2D eigenvalue weighted by Crippen LogP contribution is -2.43. The highest BCUT2D eigenvalue weighted by atomic mass is 16.6. The molecule has 2 amide bonds. The molecule has 1 fully saturated rings. The maximum Gasteiger partial charge on any atom is 0.322 e. The molecule has 1 aliphatic rings. The molecule has 0 spiro atoms. The van der Waals surface area contributed by atoms with Crippen LogP contribution in [0, 0.1) is 24.0 Å². The van der Waals surface area contributed by atoms with Gasteiger partial charge >= 0.3 is 6.03 Å². The molecule has 0 unspecified atom stereocenters. The maximum absolute atomic E-state index is 12.1. The molecule has 108 valence electrons. The number of nitro groups is 1. The molecule has 2 rings (SSSR count). The largest absolute Gasteiger partial charge is 0.378 e. The van der Waals surface area contributed by atoms with Crippen molar-refractivity contribution in [3.8, 4) is 0 Å². The van der Waals surface area contributed by atoms with E-state index in [-0.39, 0.29) is 17.4 Å². The second-order valence-corrected chi connectivity index (χ2v) is 4.76. The third kappa shape index (κ3) is 3.05. The van der Waals surface area contributed by atoms with Crippen molar-refractivity contribution in [1.82, 2.24) is 4.90 Å². The van der Waals surface area contributed by atoms with Gasteiger partial charge in [0.05, 0.1) is 18.1 Å². The summed E-state index contributed by atoms with van der Waals surface area (Å²) < 4.78 is 5.17. The summed E-state index contributed by atoms with van der Waals surface area (Å²) >= 11 is 0. The van der Waals surface area contributed by atoms with Crippen molar-refractivity contribution in [2.75, 3.05) is 31.6 Å². The maximum atomic E-state index is 12.1. The van der Waals surface area contributed by atoms with Gasteiger partial charge in [0.1, 0.15) is 5.69 Å². The van der Waals surface area contributed by atoms with E-state index in [1.807, 2.05) is 6.07 Å². The third-order valence-electron chi connectivity index (χ3n) is 3.19. The lowest BCUT2D eigenvalue weighted by atomic mass is 10.1. The van der Waals surface area contributed by atoms with Gasteiger partial charge in [-0.15, -0.1) is 0 Å². The Bertz CT molecular complexity index is 539. The first-order chi connectivity index (χ1) is 9.49. The molecule has 1 aromatic carbocycles. The molecular formula is C13H17N3O4. The average molecular weight is 279 g/mol. The van der Waals surface area contributed by atoms with Gasteiger partial charge in [-0.3, -0.25) is 10.1 Å². The predicted molar refractivity (Wildman–Crippen MR) is 74.0 cm³/mol. The van der Waals surface area contributed by atoms with Gasteiger partial charge in [-0.25, -0.2) is 4.79 Å². The Morgan fingerprint density at radius 1 is 1.35 bits per heavy atom. The molecule has 0 bridgehead atoms. The van der Waals surface area contributed by atoms with E-state index in [1.165, 1.54) is 6.07 Å². The highest BCUT2D eigenvalue weighted by Gasteiger charge is 2.22. The summed E-state index contributed by atoms with van der Waals surface area (Å²) in [6.07, 6.45) is 0. The number of hydrogen-bond donors (Lipinski definition) is 1. The van der Waals surface area contributed by atoms with Crippen LogP contribution in [0.3, 0.4) is 0 Å². The molecule has 1 aromatic rings. The van der Waals surface area contributed by atoms with E-state index < -0.39 is 4.92 Å². The number of nitrogens with one attached hydrogen (secondary N) is 1. The zero-order chi connectivity index (χ0) is 14.7. The molecule has 0 aliphatic carbocycles. The molecule has 7 heteroatoms. The Morgan fingerprint density at radius 3 is 2.60 bits per heavy atom. The molecule has 0 aromatic heterocycles. The summed E-state index contributed by atoms with van der Waals surface area (Å²) in [5.41, 5.74) is 1.65.